The van der Waals surface area contributed by atoms with Crippen LogP contribution in [0.2, 0.25) is 0 Å². The van der Waals surface area contributed by atoms with Gasteiger partial charge in [0.1, 0.15) is 18.2 Å². The van der Waals surface area contributed by atoms with Crippen molar-refractivity contribution in [2.75, 3.05) is 6.61 Å². The van der Waals surface area contributed by atoms with E-state index in [2.05, 4.69) is 10.3 Å². The van der Waals surface area contributed by atoms with E-state index in [1.54, 1.807) is 29.2 Å². The second-order valence-electron chi connectivity index (χ2n) is 2.97. The largest absolute Gasteiger partial charge is 0.492 e. The molecule has 0 fully saturated rings. The van der Waals surface area contributed by atoms with Crippen LogP contribution in [-0.4, -0.2) is 21.6 Å². The summed E-state index contributed by atoms with van der Waals surface area (Å²) in [5.41, 5.74) is 0. The van der Waals surface area contributed by atoms with E-state index in [0.717, 1.165) is 0 Å². The van der Waals surface area contributed by atoms with Gasteiger partial charge in [0.15, 0.2) is 0 Å². The molecule has 1 heterocycles. The summed E-state index contributed by atoms with van der Waals surface area (Å²) in [4.78, 5) is 0. The van der Waals surface area contributed by atoms with E-state index in [4.69, 9.17) is 4.74 Å². The van der Waals surface area contributed by atoms with E-state index in [9.17, 15) is 4.39 Å². The Morgan fingerprint density at radius 1 is 1.40 bits per heavy atom. The van der Waals surface area contributed by atoms with Gasteiger partial charge in [0.2, 0.25) is 0 Å². The van der Waals surface area contributed by atoms with E-state index >= 15 is 0 Å². The maximum Gasteiger partial charge on any atom is 0.126 e. The monoisotopic (exact) mass is 207 g/mol. The molecule has 0 aliphatic rings. The second-order valence-corrected chi connectivity index (χ2v) is 2.97. The van der Waals surface area contributed by atoms with Gasteiger partial charge in [-0.25, -0.2) is 9.07 Å². The molecule has 0 unspecified atom stereocenters. The molecule has 0 saturated carbocycles. The lowest BCUT2D eigenvalue weighted by molar-refractivity contribution is 0.288. The first kappa shape index (κ1) is 9.64. The summed E-state index contributed by atoms with van der Waals surface area (Å²) in [6.07, 6.45) is 3.34. The van der Waals surface area contributed by atoms with Crippen LogP contribution in [0.15, 0.2) is 36.7 Å². The van der Waals surface area contributed by atoms with Crippen LogP contribution >= 0.6 is 0 Å². The van der Waals surface area contributed by atoms with Gasteiger partial charge in [0.25, 0.3) is 0 Å². The number of nitrogens with zero attached hydrogens (tertiary/aromatic N) is 3. The second kappa shape index (κ2) is 4.54. The van der Waals surface area contributed by atoms with Gasteiger partial charge in [-0.2, -0.15) is 0 Å². The minimum atomic E-state index is -0.298. The highest BCUT2D eigenvalue weighted by Crippen LogP contribution is 2.11. The third kappa shape index (κ3) is 2.77. The van der Waals surface area contributed by atoms with Crippen molar-refractivity contribution < 1.29 is 9.13 Å². The van der Waals surface area contributed by atoms with Gasteiger partial charge in [-0.3, -0.25) is 0 Å². The SMILES string of the molecule is Fc1cccc(OCCn2ccnn2)c1. The Labute approximate surface area is 86.3 Å². The summed E-state index contributed by atoms with van der Waals surface area (Å²) < 4.78 is 19.7. The van der Waals surface area contributed by atoms with Crippen molar-refractivity contribution in [2.45, 2.75) is 6.54 Å². The van der Waals surface area contributed by atoms with Crippen molar-refractivity contribution in [3.63, 3.8) is 0 Å². The average Bonchev–Trinajstić information content (AvgIpc) is 2.71. The number of halogens is 1. The number of benzene rings is 1. The van der Waals surface area contributed by atoms with Gasteiger partial charge < -0.3 is 4.74 Å². The van der Waals surface area contributed by atoms with Gasteiger partial charge in [-0.05, 0) is 12.1 Å². The van der Waals surface area contributed by atoms with Crippen molar-refractivity contribution >= 4 is 0 Å². The van der Waals surface area contributed by atoms with Gasteiger partial charge in [-0.15, -0.1) is 5.10 Å². The zero-order valence-corrected chi connectivity index (χ0v) is 8.01. The van der Waals surface area contributed by atoms with Crippen molar-refractivity contribution in [1.29, 1.82) is 0 Å². The van der Waals surface area contributed by atoms with Gasteiger partial charge in [0, 0.05) is 12.3 Å². The van der Waals surface area contributed by atoms with Gasteiger partial charge in [-0.1, -0.05) is 11.3 Å². The van der Waals surface area contributed by atoms with Crippen LogP contribution in [0.25, 0.3) is 0 Å². The van der Waals surface area contributed by atoms with Crippen LogP contribution in [0.4, 0.5) is 4.39 Å². The fourth-order valence-electron chi connectivity index (χ4n) is 1.17. The third-order valence-electron chi connectivity index (χ3n) is 1.86. The quantitative estimate of drug-likeness (QED) is 0.762. The highest BCUT2D eigenvalue weighted by atomic mass is 19.1. The first-order valence-electron chi connectivity index (χ1n) is 4.57. The molecule has 15 heavy (non-hydrogen) atoms. The van der Waals surface area contributed by atoms with Gasteiger partial charge >= 0.3 is 0 Å². The van der Waals surface area contributed by atoms with E-state index in [0.29, 0.717) is 18.9 Å². The molecule has 2 rings (SSSR count). The van der Waals surface area contributed by atoms with Crippen LogP contribution in [0.3, 0.4) is 0 Å². The first-order valence-corrected chi connectivity index (χ1v) is 4.57. The number of ether oxygens (including phenoxy) is 1. The van der Waals surface area contributed by atoms with Crippen LogP contribution in [0.1, 0.15) is 0 Å². The summed E-state index contributed by atoms with van der Waals surface area (Å²) >= 11 is 0. The molecule has 0 radical (unpaired) electrons. The zero-order valence-electron chi connectivity index (χ0n) is 8.01. The summed E-state index contributed by atoms with van der Waals surface area (Å²) in [7, 11) is 0. The molecule has 0 N–H and O–H groups in total. The van der Waals surface area contributed by atoms with E-state index in [1.165, 1.54) is 12.1 Å². The molecule has 0 spiro atoms. The summed E-state index contributed by atoms with van der Waals surface area (Å²) in [6.45, 7) is 1.03. The van der Waals surface area contributed by atoms with E-state index < -0.39 is 0 Å². The first-order chi connectivity index (χ1) is 7.34. The molecule has 5 heteroatoms. The molecule has 0 aliphatic heterocycles. The van der Waals surface area contributed by atoms with Crippen LogP contribution in [0, 0.1) is 5.82 Å². The normalized spacial score (nSPS) is 10.2. The number of rotatable bonds is 4. The Kier molecular flexibility index (Phi) is 2.92. The van der Waals surface area contributed by atoms with Crippen LogP contribution < -0.4 is 4.74 Å². The number of hydrogen-bond acceptors (Lipinski definition) is 3. The fourth-order valence-corrected chi connectivity index (χ4v) is 1.17. The molecular formula is C10H10FN3O. The minimum absolute atomic E-state index is 0.298. The lowest BCUT2D eigenvalue weighted by Crippen LogP contribution is -2.08. The Morgan fingerprint density at radius 2 is 2.33 bits per heavy atom. The molecule has 78 valence electrons. The topological polar surface area (TPSA) is 39.9 Å². The Balaban J connectivity index is 1.83. The maximum absolute atomic E-state index is 12.8. The molecule has 2 aromatic rings. The standard InChI is InChI=1S/C10H10FN3O/c11-9-2-1-3-10(8-9)15-7-6-14-5-4-12-13-14/h1-5,8H,6-7H2. The van der Waals surface area contributed by atoms with Gasteiger partial charge in [0.05, 0.1) is 12.7 Å². The lowest BCUT2D eigenvalue weighted by atomic mass is 10.3. The van der Waals surface area contributed by atoms with Crippen LogP contribution in [0.5, 0.6) is 5.75 Å². The minimum Gasteiger partial charge on any atom is -0.492 e. The molecule has 0 saturated heterocycles. The molecular weight excluding hydrogens is 197 g/mol. The molecule has 0 atom stereocenters. The van der Waals surface area contributed by atoms with Crippen molar-refractivity contribution in [2.24, 2.45) is 0 Å². The van der Waals surface area contributed by atoms with Crippen molar-refractivity contribution in [1.82, 2.24) is 15.0 Å². The maximum atomic E-state index is 12.8. The molecule has 1 aromatic carbocycles. The highest BCUT2D eigenvalue weighted by Gasteiger charge is 1.96. The summed E-state index contributed by atoms with van der Waals surface area (Å²) in [6, 6.07) is 6.05. The van der Waals surface area contributed by atoms with Crippen molar-refractivity contribution in [3.05, 3.63) is 42.5 Å². The Hall–Kier alpha value is -1.91. The van der Waals surface area contributed by atoms with E-state index in [-0.39, 0.29) is 5.82 Å². The molecule has 0 bridgehead atoms. The lowest BCUT2D eigenvalue weighted by Gasteiger charge is -2.05. The smallest absolute Gasteiger partial charge is 0.126 e. The fraction of sp³-hybridized carbons (Fsp3) is 0.200. The summed E-state index contributed by atoms with van der Waals surface area (Å²) in [5.74, 6) is 0.225. The highest BCUT2D eigenvalue weighted by molar-refractivity contribution is 5.22. The van der Waals surface area contributed by atoms with E-state index in [1.807, 2.05) is 0 Å². The average molecular weight is 207 g/mol. The molecule has 0 aliphatic carbocycles. The third-order valence-corrected chi connectivity index (χ3v) is 1.86. The van der Waals surface area contributed by atoms with Crippen molar-refractivity contribution in [3.8, 4) is 5.75 Å². The summed E-state index contributed by atoms with van der Waals surface area (Å²) in [5, 5.41) is 7.44. The Morgan fingerprint density at radius 3 is 3.07 bits per heavy atom. The zero-order chi connectivity index (χ0) is 10.5. The molecule has 4 nitrogen and oxygen atoms in total. The predicted molar refractivity (Wildman–Crippen MR) is 51.9 cm³/mol. The molecule has 1 aromatic heterocycles. The number of hydrogen-bond donors (Lipinski definition) is 0. The number of aromatic nitrogens is 3. The van der Waals surface area contributed by atoms with Crippen LogP contribution in [-0.2, 0) is 6.54 Å². The Bertz CT molecular complexity index is 416. The molecule has 0 amide bonds. The predicted octanol–water partition coefficient (Wildman–Crippen LogP) is 1.50.